The number of carbonyl (C=O) groups is 2. The molecule has 194 valence electrons. The molecule has 1 aliphatic rings. The van der Waals surface area contributed by atoms with Crippen LogP contribution in [-0.4, -0.2) is 89.3 Å². The molecule has 0 saturated heterocycles. The fourth-order valence-corrected chi connectivity index (χ4v) is 3.96. The molecule has 10 heteroatoms. The predicted octanol–water partition coefficient (Wildman–Crippen LogP) is 2.51. The van der Waals surface area contributed by atoms with E-state index in [1.54, 1.807) is 34.5 Å². The van der Waals surface area contributed by atoms with E-state index in [-0.39, 0.29) is 31.5 Å². The predicted molar refractivity (Wildman–Crippen MR) is 134 cm³/mol. The summed E-state index contributed by atoms with van der Waals surface area (Å²) in [5.41, 5.74) is 2.46. The van der Waals surface area contributed by atoms with Crippen molar-refractivity contribution in [3.05, 3.63) is 53.6 Å². The molecule has 1 heterocycles. The Labute approximate surface area is 211 Å². The van der Waals surface area contributed by atoms with Crippen LogP contribution in [0.15, 0.2) is 47.6 Å². The lowest BCUT2D eigenvalue weighted by molar-refractivity contribution is -0.144. The molecule has 0 aliphatic carbocycles. The van der Waals surface area contributed by atoms with Crippen molar-refractivity contribution in [2.45, 2.75) is 12.5 Å². The molecule has 10 nitrogen and oxygen atoms in total. The molecule has 0 fully saturated rings. The third kappa shape index (κ3) is 6.32. The van der Waals surface area contributed by atoms with Gasteiger partial charge in [-0.2, -0.15) is 5.10 Å². The third-order valence-electron chi connectivity index (χ3n) is 5.89. The quantitative estimate of drug-likeness (QED) is 0.443. The topological polar surface area (TPSA) is 99.1 Å². The van der Waals surface area contributed by atoms with Crippen molar-refractivity contribution in [1.82, 2.24) is 9.91 Å². The molecule has 0 aromatic heterocycles. The third-order valence-corrected chi connectivity index (χ3v) is 5.89. The van der Waals surface area contributed by atoms with E-state index in [2.05, 4.69) is 0 Å². The van der Waals surface area contributed by atoms with Crippen LogP contribution in [0.5, 0.6) is 17.2 Å². The van der Waals surface area contributed by atoms with Gasteiger partial charge < -0.3 is 28.6 Å². The molecule has 2 aromatic rings. The first-order valence-electron chi connectivity index (χ1n) is 11.5. The summed E-state index contributed by atoms with van der Waals surface area (Å²) < 4.78 is 26.2. The Kier molecular flexibility index (Phi) is 9.66. The highest BCUT2D eigenvalue weighted by molar-refractivity contribution is 6.03. The first-order chi connectivity index (χ1) is 17.4. The van der Waals surface area contributed by atoms with E-state index < -0.39 is 6.04 Å². The van der Waals surface area contributed by atoms with E-state index >= 15 is 0 Å². The molecular weight excluding hydrogens is 466 g/mol. The van der Waals surface area contributed by atoms with Gasteiger partial charge in [-0.3, -0.25) is 9.59 Å². The summed E-state index contributed by atoms with van der Waals surface area (Å²) in [5, 5.41) is 6.14. The molecule has 0 N–H and O–H groups in total. The lowest BCUT2D eigenvalue weighted by atomic mass is 9.98. The van der Waals surface area contributed by atoms with Crippen LogP contribution >= 0.6 is 0 Å². The summed E-state index contributed by atoms with van der Waals surface area (Å²) >= 11 is 0. The molecule has 0 unspecified atom stereocenters. The molecule has 36 heavy (non-hydrogen) atoms. The number of hydrazone groups is 1. The van der Waals surface area contributed by atoms with Gasteiger partial charge in [0.25, 0.3) is 5.91 Å². The number of hydrogen-bond acceptors (Lipinski definition) is 8. The fourth-order valence-electron chi connectivity index (χ4n) is 3.96. The Balaban J connectivity index is 1.94. The smallest absolute Gasteiger partial charge is 0.262 e. The molecule has 0 saturated carbocycles. The van der Waals surface area contributed by atoms with Gasteiger partial charge in [0, 0.05) is 27.2 Å². The number of carbonyl (C=O) groups excluding carboxylic acids is 2. The van der Waals surface area contributed by atoms with E-state index in [9.17, 15) is 9.59 Å². The number of hydrogen-bond donors (Lipinski definition) is 0. The summed E-state index contributed by atoms with van der Waals surface area (Å²) in [7, 11) is 7.72. The van der Waals surface area contributed by atoms with Crippen LogP contribution in [0.3, 0.4) is 0 Å². The van der Waals surface area contributed by atoms with Crippen molar-refractivity contribution in [3.8, 4) is 17.2 Å². The monoisotopic (exact) mass is 499 g/mol. The first kappa shape index (κ1) is 27.0. The number of amides is 2. The van der Waals surface area contributed by atoms with Crippen molar-refractivity contribution < 1.29 is 33.3 Å². The highest BCUT2D eigenvalue weighted by Crippen LogP contribution is 2.37. The van der Waals surface area contributed by atoms with E-state index in [1.807, 2.05) is 36.4 Å². The number of nitrogens with zero attached hydrogens (tertiary/aromatic N) is 3. The number of rotatable bonds is 12. The van der Waals surface area contributed by atoms with E-state index in [0.29, 0.717) is 24.5 Å². The van der Waals surface area contributed by atoms with Crippen LogP contribution < -0.4 is 14.2 Å². The number of ether oxygens (including phenoxy) is 5. The second kappa shape index (κ2) is 12.9. The number of methoxy groups -OCH3 is 5. The minimum absolute atomic E-state index is 0.129. The van der Waals surface area contributed by atoms with E-state index in [1.165, 1.54) is 17.0 Å². The van der Waals surface area contributed by atoms with Crippen LogP contribution in [0.25, 0.3) is 0 Å². The Morgan fingerprint density at radius 1 is 0.944 bits per heavy atom. The molecular formula is C26H33N3O7. The number of benzene rings is 2. The minimum Gasteiger partial charge on any atom is -0.497 e. The molecule has 0 radical (unpaired) electrons. The largest absolute Gasteiger partial charge is 0.497 e. The summed E-state index contributed by atoms with van der Waals surface area (Å²) in [6, 6.07) is 12.7. The first-order valence-corrected chi connectivity index (χ1v) is 11.5. The zero-order valence-corrected chi connectivity index (χ0v) is 21.4. The maximum atomic E-state index is 13.5. The normalized spacial score (nSPS) is 14.9. The van der Waals surface area contributed by atoms with Crippen LogP contribution in [0, 0.1) is 0 Å². The van der Waals surface area contributed by atoms with Gasteiger partial charge in [0.2, 0.25) is 5.91 Å². The van der Waals surface area contributed by atoms with Gasteiger partial charge in [-0.15, -0.1) is 0 Å². The summed E-state index contributed by atoms with van der Waals surface area (Å²) in [4.78, 5) is 27.5. The Hall–Kier alpha value is -3.63. The Morgan fingerprint density at radius 3 is 2.28 bits per heavy atom. The van der Waals surface area contributed by atoms with E-state index in [4.69, 9.17) is 28.8 Å². The average Bonchev–Trinajstić information content (AvgIpc) is 3.36. The molecule has 0 bridgehead atoms. The lowest BCUT2D eigenvalue weighted by Crippen LogP contribution is -2.44. The fraction of sp³-hybridized carbons (Fsp3) is 0.423. The Morgan fingerprint density at radius 2 is 1.67 bits per heavy atom. The standard InChI is InChI=1S/C26H33N3O7/c1-32-13-12-28(26(31)17-33-2)16-25(30)29-22(19-8-11-23(35-4)24(14-19)36-5)15-21(27-29)18-6-9-20(34-3)10-7-18/h6-11,14,22H,12-13,15-17H2,1-5H3/t22-/m1/s1. The van der Waals surface area contributed by atoms with Crippen molar-refractivity contribution >= 4 is 17.5 Å². The Bertz CT molecular complexity index is 1070. The maximum Gasteiger partial charge on any atom is 0.262 e. The molecule has 0 spiro atoms. The highest BCUT2D eigenvalue weighted by atomic mass is 16.5. The minimum atomic E-state index is -0.392. The second-order valence-corrected chi connectivity index (χ2v) is 8.09. The van der Waals surface area contributed by atoms with E-state index in [0.717, 1.165) is 22.6 Å². The summed E-state index contributed by atoms with van der Waals surface area (Å²) in [5.74, 6) is 1.25. The van der Waals surface area contributed by atoms with Crippen molar-refractivity contribution in [1.29, 1.82) is 0 Å². The molecule has 1 atom stereocenters. The van der Waals surface area contributed by atoms with Gasteiger partial charge >= 0.3 is 0 Å². The summed E-state index contributed by atoms with van der Waals surface area (Å²) in [6.07, 6.45) is 0.484. The van der Waals surface area contributed by atoms with Crippen LogP contribution in [0.4, 0.5) is 0 Å². The van der Waals surface area contributed by atoms with Gasteiger partial charge in [-0.25, -0.2) is 5.01 Å². The van der Waals surface area contributed by atoms with Gasteiger partial charge in [0.1, 0.15) is 18.9 Å². The van der Waals surface area contributed by atoms with Crippen LogP contribution in [0.1, 0.15) is 23.6 Å². The second-order valence-electron chi connectivity index (χ2n) is 8.09. The summed E-state index contributed by atoms with van der Waals surface area (Å²) in [6.45, 7) is 0.266. The molecule has 3 rings (SSSR count). The highest BCUT2D eigenvalue weighted by Gasteiger charge is 2.35. The van der Waals surface area contributed by atoms with Crippen molar-refractivity contribution in [2.75, 3.05) is 61.9 Å². The molecule has 2 aromatic carbocycles. The van der Waals surface area contributed by atoms with Crippen molar-refractivity contribution in [3.63, 3.8) is 0 Å². The molecule has 1 aliphatic heterocycles. The van der Waals surface area contributed by atoms with Gasteiger partial charge in [-0.05, 0) is 47.5 Å². The zero-order chi connectivity index (χ0) is 26.1. The zero-order valence-electron chi connectivity index (χ0n) is 21.4. The van der Waals surface area contributed by atoms with Gasteiger partial charge in [0.15, 0.2) is 11.5 Å². The SMILES string of the molecule is COCCN(CC(=O)N1N=C(c2ccc(OC)cc2)C[C@@H]1c1ccc(OC)c(OC)c1)C(=O)COC. The lowest BCUT2D eigenvalue weighted by Gasteiger charge is -2.27. The van der Waals surface area contributed by atoms with Crippen molar-refractivity contribution in [2.24, 2.45) is 5.10 Å². The van der Waals surface area contributed by atoms with Gasteiger partial charge in [0.05, 0.1) is 39.7 Å². The molecule has 2 amide bonds. The van der Waals surface area contributed by atoms with Gasteiger partial charge in [-0.1, -0.05) is 6.07 Å². The van der Waals surface area contributed by atoms with Crippen LogP contribution in [-0.2, 0) is 19.1 Å². The average molecular weight is 500 g/mol. The van der Waals surface area contributed by atoms with Crippen LogP contribution in [0.2, 0.25) is 0 Å². The maximum absolute atomic E-state index is 13.5.